The Morgan fingerprint density at radius 1 is 1.35 bits per heavy atom. The minimum Gasteiger partial charge on any atom is -0.480 e. The normalized spacial score (nSPS) is 14.1. The van der Waals surface area contributed by atoms with Crippen LogP contribution in [0.2, 0.25) is 0 Å². The topological polar surface area (TPSA) is 75.6 Å². The van der Waals surface area contributed by atoms with E-state index in [0.717, 1.165) is 19.3 Å². The molecule has 0 heterocycles. The summed E-state index contributed by atoms with van der Waals surface area (Å²) in [4.78, 5) is 22.3. The summed E-state index contributed by atoms with van der Waals surface area (Å²) in [5.41, 5.74) is 0. The van der Waals surface area contributed by atoms with Gasteiger partial charge in [-0.25, -0.2) is 4.79 Å². The van der Waals surface area contributed by atoms with Gasteiger partial charge >= 0.3 is 5.97 Å². The molecule has 17 heavy (non-hydrogen) atoms. The standard InChI is InChI=1S/C12H23NO4/c1-4-6-7-10(12(15)16)13-11(14)8-17-9(3)5-2/h9-10H,4-8H2,1-3H3,(H,13,14)(H,15,16)/t9?,10-/m0/s1. The lowest BCUT2D eigenvalue weighted by atomic mass is 10.1. The first-order chi connectivity index (χ1) is 8.01. The smallest absolute Gasteiger partial charge is 0.326 e. The Kier molecular flexibility index (Phi) is 8.40. The average Bonchev–Trinajstić information content (AvgIpc) is 2.30. The summed E-state index contributed by atoms with van der Waals surface area (Å²) in [6.07, 6.45) is 2.98. The highest BCUT2D eigenvalue weighted by atomic mass is 16.5. The lowest BCUT2D eigenvalue weighted by Crippen LogP contribution is -2.42. The molecule has 0 aliphatic carbocycles. The zero-order valence-electron chi connectivity index (χ0n) is 10.9. The third-order valence-electron chi connectivity index (χ3n) is 2.55. The summed E-state index contributed by atoms with van der Waals surface area (Å²) in [5, 5.41) is 11.4. The fraction of sp³-hybridized carbons (Fsp3) is 0.833. The monoisotopic (exact) mass is 245 g/mol. The molecule has 0 aromatic rings. The van der Waals surface area contributed by atoms with Crippen molar-refractivity contribution in [1.82, 2.24) is 5.32 Å². The van der Waals surface area contributed by atoms with Gasteiger partial charge in [0.2, 0.25) is 5.91 Å². The third-order valence-corrected chi connectivity index (χ3v) is 2.55. The lowest BCUT2D eigenvalue weighted by Gasteiger charge is -2.15. The molecule has 0 aromatic carbocycles. The fourth-order valence-corrected chi connectivity index (χ4v) is 1.24. The molecular formula is C12H23NO4. The van der Waals surface area contributed by atoms with Gasteiger partial charge in [0.25, 0.3) is 0 Å². The molecule has 0 saturated heterocycles. The van der Waals surface area contributed by atoms with Crippen molar-refractivity contribution in [2.24, 2.45) is 0 Å². The summed E-state index contributed by atoms with van der Waals surface area (Å²) in [6, 6.07) is -0.803. The number of carbonyl (C=O) groups is 2. The minimum atomic E-state index is -0.990. The lowest BCUT2D eigenvalue weighted by molar-refractivity contribution is -0.143. The SMILES string of the molecule is CCCC[C@H](NC(=O)COC(C)CC)C(=O)O. The molecule has 0 aliphatic heterocycles. The number of carboxylic acids is 1. The maximum absolute atomic E-state index is 11.4. The summed E-state index contributed by atoms with van der Waals surface area (Å²) < 4.78 is 5.23. The van der Waals surface area contributed by atoms with E-state index in [0.29, 0.717) is 6.42 Å². The molecule has 1 unspecified atom stereocenters. The molecular weight excluding hydrogens is 222 g/mol. The van der Waals surface area contributed by atoms with Gasteiger partial charge in [-0.05, 0) is 19.8 Å². The van der Waals surface area contributed by atoms with E-state index in [1.165, 1.54) is 0 Å². The van der Waals surface area contributed by atoms with E-state index in [4.69, 9.17) is 9.84 Å². The van der Waals surface area contributed by atoms with Crippen molar-refractivity contribution < 1.29 is 19.4 Å². The van der Waals surface area contributed by atoms with Crippen LogP contribution < -0.4 is 5.32 Å². The molecule has 0 rings (SSSR count). The second-order valence-corrected chi connectivity index (χ2v) is 4.13. The summed E-state index contributed by atoms with van der Waals surface area (Å²) in [7, 11) is 0. The molecule has 0 saturated carbocycles. The highest BCUT2D eigenvalue weighted by molar-refractivity contribution is 5.84. The summed E-state index contributed by atoms with van der Waals surface area (Å²) in [5.74, 6) is -1.36. The van der Waals surface area contributed by atoms with E-state index in [1.54, 1.807) is 0 Å². The molecule has 0 fully saturated rings. The fourth-order valence-electron chi connectivity index (χ4n) is 1.24. The zero-order chi connectivity index (χ0) is 13.3. The summed E-state index contributed by atoms with van der Waals surface area (Å²) >= 11 is 0. The van der Waals surface area contributed by atoms with Crippen molar-refractivity contribution in [3.8, 4) is 0 Å². The van der Waals surface area contributed by atoms with E-state index < -0.39 is 12.0 Å². The van der Waals surface area contributed by atoms with Crippen molar-refractivity contribution in [3.63, 3.8) is 0 Å². The van der Waals surface area contributed by atoms with E-state index >= 15 is 0 Å². The molecule has 0 aromatic heterocycles. The van der Waals surface area contributed by atoms with Crippen molar-refractivity contribution in [2.75, 3.05) is 6.61 Å². The van der Waals surface area contributed by atoms with Gasteiger partial charge in [-0.1, -0.05) is 26.7 Å². The number of rotatable bonds is 9. The molecule has 100 valence electrons. The van der Waals surface area contributed by atoms with E-state index in [1.807, 2.05) is 20.8 Å². The molecule has 5 nitrogen and oxygen atoms in total. The van der Waals surface area contributed by atoms with E-state index in [-0.39, 0.29) is 18.6 Å². The van der Waals surface area contributed by atoms with E-state index in [9.17, 15) is 9.59 Å². The van der Waals surface area contributed by atoms with E-state index in [2.05, 4.69) is 5.32 Å². The number of ether oxygens (including phenoxy) is 1. The van der Waals surface area contributed by atoms with Crippen molar-refractivity contribution in [3.05, 3.63) is 0 Å². The zero-order valence-corrected chi connectivity index (χ0v) is 10.9. The molecule has 5 heteroatoms. The van der Waals surface area contributed by atoms with Crippen LogP contribution in [0.25, 0.3) is 0 Å². The van der Waals surface area contributed by atoms with Gasteiger partial charge in [-0.15, -0.1) is 0 Å². The Bertz CT molecular complexity index is 243. The van der Waals surface area contributed by atoms with Crippen LogP contribution in [0.4, 0.5) is 0 Å². The van der Waals surface area contributed by atoms with Gasteiger partial charge in [0, 0.05) is 0 Å². The first-order valence-electron chi connectivity index (χ1n) is 6.15. The number of nitrogens with one attached hydrogen (secondary N) is 1. The van der Waals surface area contributed by atoms with Crippen LogP contribution in [-0.2, 0) is 14.3 Å². The maximum atomic E-state index is 11.4. The van der Waals surface area contributed by atoms with Crippen LogP contribution in [0.15, 0.2) is 0 Å². The highest BCUT2D eigenvalue weighted by Crippen LogP contribution is 2.01. The number of amides is 1. The predicted octanol–water partition coefficient (Wildman–Crippen LogP) is 1.56. The van der Waals surface area contributed by atoms with Crippen LogP contribution in [-0.4, -0.2) is 35.7 Å². The largest absolute Gasteiger partial charge is 0.480 e. The Morgan fingerprint density at radius 2 is 2.00 bits per heavy atom. The Morgan fingerprint density at radius 3 is 2.47 bits per heavy atom. The molecule has 1 amide bonds. The molecule has 0 aliphatic rings. The molecule has 0 radical (unpaired) electrons. The first-order valence-corrected chi connectivity index (χ1v) is 6.15. The third kappa shape index (κ3) is 7.74. The van der Waals surface area contributed by atoms with Gasteiger partial charge in [0.15, 0.2) is 0 Å². The number of aliphatic carboxylic acids is 1. The highest BCUT2D eigenvalue weighted by Gasteiger charge is 2.19. The minimum absolute atomic E-state index is 0.0136. The summed E-state index contributed by atoms with van der Waals surface area (Å²) in [6.45, 7) is 5.74. The Hall–Kier alpha value is -1.10. The van der Waals surface area contributed by atoms with Crippen LogP contribution in [0.1, 0.15) is 46.5 Å². The van der Waals surface area contributed by atoms with Gasteiger partial charge in [-0.3, -0.25) is 4.79 Å². The van der Waals surface area contributed by atoms with Crippen LogP contribution in [0.3, 0.4) is 0 Å². The predicted molar refractivity (Wildman–Crippen MR) is 64.8 cm³/mol. The number of carbonyl (C=O) groups excluding carboxylic acids is 1. The first kappa shape index (κ1) is 15.9. The average molecular weight is 245 g/mol. The molecule has 2 N–H and O–H groups in total. The van der Waals surface area contributed by atoms with Gasteiger partial charge in [0.05, 0.1) is 6.10 Å². The van der Waals surface area contributed by atoms with Gasteiger partial charge in [-0.2, -0.15) is 0 Å². The van der Waals surface area contributed by atoms with Gasteiger partial charge in [0.1, 0.15) is 12.6 Å². The van der Waals surface area contributed by atoms with Crippen molar-refractivity contribution in [1.29, 1.82) is 0 Å². The molecule has 2 atom stereocenters. The van der Waals surface area contributed by atoms with Crippen molar-refractivity contribution in [2.45, 2.75) is 58.6 Å². The quantitative estimate of drug-likeness (QED) is 0.646. The molecule has 0 spiro atoms. The van der Waals surface area contributed by atoms with Crippen LogP contribution in [0, 0.1) is 0 Å². The van der Waals surface area contributed by atoms with Crippen molar-refractivity contribution >= 4 is 11.9 Å². The van der Waals surface area contributed by atoms with Gasteiger partial charge < -0.3 is 15.2 Å². The number of carboxylic acid groups (broad SMARTS) is 1. The Balaban J connectivity index is 3.99. The number of unbranched alkanes of at least 4 members (excludes halogenated alkanes) is 1. The number of hydrogen-bond donors (Lipinski definition) is 2. The Labute approximate surface area is 103 Å². The molecule has 0 bridgehead atoms. The number of hydrogen-bond acceptors (Lipinski definition) is 3. The second kappa shape index (κ2) is 8.98. The maximum Gasteiger partial charge on any atom is 0.326 e. The van der Waals surface area contributed by atoms with Crippen LogP contribution in [0.5, 0.6) is 0 Å². The van der Waals surface area contributed by atoms with Crippen LogP contribution >= 0.6 is 0 Å². The second-order valence-electron chi connectivity index (χ2n) is 4.13.